The zero-order valence-corrected chi connectivity index (χ0v) is 14.3. The summed E-state index contributed by atoms with van der Waals surface area (Å²) in [6.07, 6.45) is 1.80. The van der Waals surface area contributed by atoms with Gasteiger partial charge in [-0.05, 0) is 12.5 Å². The van der Waals surface area contributed by atoms with Gasteiger partial charge in [-0.3, -0.25) is 4.79 Å². The molecule has 0 N–H and O–H groups in total. The van der Waals surface area contributed by atoms with Gasteiger partial charge in [-0.2, -0.15) is 0 Å². The van der Waals surface area contributed by atoms with Gasteiger partial charge in [0.1, 0.15) is 11.4 Å². The molecule has 0 aliphatic carbocycles. The van der Waals surface area contributed by atoms with Crippen molar-refractivity contribution in [1.82, 2.24) is 4.90 Å². The number of carbonyl (C=O) groups is 2. The lowest BCUT2D eigenvalue weighted by Crippen LogP contribution is -2.42. The predicted octanol–water partition coefficient (Wildman–Crippen LogP) is 3.65. The number of thioether (sulfide) groups is 1. The van der Waals surface area contributed by atoms with Crippen molar-refractivity contribution in [2.75, 3.05) is 12.4 Å². The van der Waals surface area contributed by atoms with E-state index in [2.05, 4.69) is 0 Å². The van der Waals surface area contributed by atoms with E-state index in [-0.39, 0.29) is 17.3 Å². The zero-order chi connectivity index (χ0) is 16.1. The predicted molar refractivity (Wildman–Crippen MR) is 88.8 cm³/mol. The topological polar surface area (TPSA) is 46.6 Å². The van der Waals surface area contributed by atoms with E-state index in [0.29, 0.717) is 17.4 Å². The van der Waals surface area contributed by atoms with Crippen LogP contribution in [0.4, 0.5) is 0 Å². The molecule has 0 saturated carbocycles. The molecule has 1 heterocycles. The molecule has 1 aliphatic rings. The first-order valence-corrected chi connectivity index (χ1v) is 8.80. The number of benzene rings is 1. The maximum atomic E-state index is 12.2. The zero-order valence-electron chi connectivity index (χ0n) is 12.8. The maximum absolute atomic E-state index is 12.2. The normalized spacial score (nSPS) is 21.0. The first-order valence-electron chi connectivity index (χ1n) is 7.37. The molecule has 0 unspecified atom stereocenters. The summed E-state index contributed by atoms with van der Waals surface area (Å²) in [4.78, 5) is 25.9. The Balaban J connectivity index is 2.16. The Bertz CT molecular complexity index is 552. The molecule has 1 aromatic carbocycles. The van der Waals surface area contributed by atoms with Gasteiger partial charge in [-0.15, -0.1) is 11.8 Å². The van der Waals surface area contributed by atoms with Crippen molar-refractivity contribution < 1.29 is 14.3 Å². The van der Waals surface area contributed by atoms with Crippen LogP contribution in [0.3, 0.4) is 0 Å². The van der Waals surface area contributed by atoms with Crippen LogP contribution in [0.2, 0.25) is 5.02 Å². The number of hydrogen-bond donors (Lipinski definition) is 0. The number of amides is 1. The van der Waals surface area contributed by atoms with Crippen molar-refractivity contribution in [2.45, 2.75) is 38.1 Å². The molecule has 2 atom stereocenters. The molecule has 0 spiro atoms. The monoisotopic (exact) mass is 341 g/mol. The summed E-state index contributed by atoms with van der Waals surface area (Å²) in [5.74, 6) is 0.0542. The molecule has 1 amide bonds. The molecule has 22 heavy (non-hydrogen) atoms. The van der Waals surface area contributed by atoms with E-state index in [1.165, 1.54) is 6.92 Å². The minimum atomic E-state index is -0.541. The van der Waals surface area contributed by atoms with Crippen LogP contribution in [0, 0.1) is 0 Å². The quantitative estimate of drug-likeness (QED) is 0.606. The van der Waals surface area contributed by atoms with Gasteiger partial charge in [0.25, 0.3) is 0 Å². The summed E-state index contributed by atoms with van der Waals surface area (Å²) < 4.78 is 5.28. The smallest absolute Gasteiger partial charge is 0.329 e. The Morgan fingerprint density at radius 3 is 2.77 bits per heavy atom. The average molecular weight is 342 g/mol. The molecule has 2 rings (SSSR count). The van der Waals surface area contributed by atoms with Crippen molar-refractivity contribution in [3.8, 4) is 0 Å². The highest BCUT2D eigenvalue weighted by molar-refractivity contribution is 7.99. The second kappa shape index (κ2) is 7.88. The molecule has 1 saturated heterocycles. The summed E-state index contributed by atoms with van der Waals surface area (Å²) in [7, 11) is 0. The van der Waals surface area contributed by atoms with Crippen molar-refractivity contribution in [2.24, 2.45) is 0 Å². The van der Waals surface area contributed by atoms with E-state index in [4.69, 9.17) is 16.3 Å². The van der Waals surface area contributed by atoms with Crippen LogP contribution in [-0.2, 0) is 14.3 Å². The summed E-state index contributed by atoms with van der Waals surface area (Å²) in [6.45, 7) is 3.91. The third kappa shape index (κ3) is 3.76. The molecule has 4 nitrogen and oxygen atoms in total. The first kappa shape index (κ1) is 17.2. The molecule has 1 fully saturated rings. The van der Waals surface area contributed by atoms with Gasteiger partial charge < -0.3 is 9.64 Å². The lowest BCUT2D eigenvalue weighted by atomic mass is 10.1. The fraction of sp³-hybridized carbons (Fsp3) is 0.500. The fourth-order valence-corrected chi connectivity index (χ4v) is 4.21. The first-order chi connectivity index (χ1) is 10.6. The Morgan fingerprint density at radius 2 is 2.14 bits per heavy atom. The number of rotatable bonds is 5. The Morgan fingerprint density at radius 1 is 1.41 bits per heavy atom. The molecular formula is C16H20ClNO3S. The summed E-state index contributed by atoms with van der Waals surface area (Å²) >= 11 is 7.78. The van der Waals surface area contributed by atoms with Crippen LogP contribution < -0.4 is 0 Å². The largest absolute Gasteiger partial charge is 0.464 e. The highest BCUT2D eigenvalue weighted by Crippen LogP contribution is 2.43. The standard InChI is InChI=1S/C16H20ClNO3S/c1-3-4-9-21-16(20)14-10-22-15(18(14)11(2)19)12-7-5-6-8-13(12)17/h5-8,14-15H,3-4,9-10H2,1-2H3/t14-,15+/m0/s1. The van der Waals surface area contributed by atoms with Crippen molar-refractivity contribution >= 4 is 35.2 Å². The highest BCUT2D eigenvalue weighted by atomic mass is 35.5. The van der Waals surface area contributed by atoms with Crippen LogP contribution in [0.25, 0.3) is 0 Å². The molecule has 1 aromatic rings. The summed E-state index contributed by atoms with van der Waals surface area (Å²) in [6, 6.07) is 6.87. The van der Waals surface area contributed by atoms with Gasteiger partial charge in [0.15, 0.2) is 0 Å². The van der Waals surface area contributed by atoms with Crippen molar-refractivity contribution in [1.29, 1.82) is 0 Å². The van der Waals surface area contributed by atoms with Gasteiger partial charge in [0.05, 0.1) is 6.61 Å². The lowest BCUT2D eigenvalue weighted by molar-refractivity contribution is -0.153. The van der Waals surface area contributed by atoms with Gasteiger partial charge in [0.2, 0.25) is 5.91 Å². The number of unbranched alkanes of at least 4 members (excludes halogenated alkanes) is 1. The van der Waals surface area contributed by atoms with Crippen LogP contribution in [0.15, 0.2) is 24.3 Å². The van der Waals surface area contributed by atoms with E-state index in [1.807, 2.05) is 25.1 Å². The van der Waals surface area contributed by atoms with Crippen LogP contribution in [0.5, 0.6) is 0 Å². The highest BCUT2D eigenvalue weighted by Gasteiger charge is 2.42. The Hall–Kier alpha value is -1.20. The second-order valence-electron chi connectivity index (χ2n) is 5.17. The summed E-state index contributed by atoms with van der Waals surface area (Å²) in [5.41, 5.74) is 0.855. The number of halogens is 1. The third-order valence-electron chi connectivity index (χ3n) is 3.55. The van der Waals surface area contributed by atoms with E-state index in [0.717, 1.165) is 18.4 Å². The third-order valence-corrected chi connectivity index (χ3v) is 5.20. The van der Waals surface area contributed by atoms with Crippen LogP contribution >= 0.6 is 23.4 Å². The van der Waals surface area contributed by atoms with Crippen molar-refractivity contribution in [3.63, 3.8) is 0 Å². The van der Waals surface area contributed by atoms with E-state index in [9.17, 15) is 9.59 Å². The molecule has 1 aliphatic heterocycles. The fourth-order valence-electron chi connectivity index (χ4n) is 2.40. The molecule has 0 radical (unpaired) electrons. The van der Waals surface area contributed by atoms with Crippen LogP contribution in [0.1, 0.15) is 37.6 Å². The number of hydrogen-bond acceptors (Lipinski definition) is 4. The second-order valence-corrected chi connectivity index (χ2v) is 6.69. The number of ether oxygens (including phenoxy) is 1. The number of nitrogens with zero attached hydrogens (tertiary/aromatic N) is 1. The number of esters is 1. The maximum Gasteiger partial charge on any atom is 0.329 e. The van der Waals surface area contributed by atoms with E-state index < -0.39 is 6.04 Å². The molecular weight excluding hydrogens is 322 g/mol. The van der Waals surface area contributed by atoms with Gasteiger partial charge in [-0.25, -0.2) is 4.79 Å². The van der Waals surface area contributed by atoms with E-state index in [1.54, 1.807) is 22.7 Å². The van der Waals surface area contributed by atoms with Gasteiger partial charge >= 0.3 is 5.97 Å². The minimum absolute atomic E-state index is 0.146. The van der Waals surface area contributed by atoms with Gasteiger partial charge in [-0.1, -0.05) is 43.1 Å². The molecule has 0 bridgehead atoms. The SMILES string of the molecule is CCCCOC(=O)[C@@H]1CS[C@H](c2ccccc2Cl)N1C(C)=O. The Kier molecular flexibility index (Phi) is 6.15. The Labute approximate surface area is 140 Å². The van der Waals surface area contributed by atoms with E-state index >= 15 is 0 Å². The molecule has 6 heteroatoms. The summed E-state index contributed by atoms with van der Waals surface area (Å²) in [5, 5.41) is 0.362. The molecule has 120 valence electrons. The van der Waals surface area contributed by atoms with Gasteiger partial charge in [0, 0.05) is 23.3 Å². The minimum Gasteiger partial charge on any atom is -0.464 e. The lowest BCUT2D eigenvalue weighted by Gasteiger charge is -2.27. The molecule has 0 aromatic heterocycles. The average Bonchev–Trinajstić information content (AvgIpc) is 2.93. The van der Waals surface area contributed by atoms with Crippen molar-refractivity contribution in [3.05, 3.63) is 34.9 Å². The number of carbonyl (C=O) groups excluding carboxylic acids is 2. The van der Waals surface area contributed by atoms with Crippen LogP contribution in [-0.4, -0.2) is 35.2 Å².